The summed E-state index contributed by atoms with van der Waals surface area (Å²) in [5.74, 6) is 0.571. The van der Waals surface area contributed by atoms with Gasteiger partial charge in [-0.3, -0.25) is 17.4 Å². The molecule has 0 radical (unpaired) electrons. The first-order chi connectivity index (χ1) is 14.5. The van der Waals surface area contributed by atoms with Gasteiger partial charge >= 0.3 is 11.9 Å². The molecule has 33 heavy (non-hydrogen) atoms. The van der Waals surface area contributed by atoms with E-state index < -0.39 is 10.4 Å². The Hall–Kier alpha value is -1.79. The molecule has 0 saturated carbocycles. The van der Waals surface area contributed by atoms with Gasteiger partial charge in [0.25, 0.3) is 0 Å². The van der Waals surface area contributed by atoms with Gasteiger partial charge in [-0.15, -0.1) is 0 Å². The summed E-state index contributed by atoms with van der Waals surface area (Å²) in [4.78, 5) is 22.3. The van der Waals surface area contributed by atoms with E-state index in [0.717, 1.165) is 13.1 Å². The van der Waals surface area contributed by atoms with Crippen molar-refractivity contribution in [2.45, 2.75) is 41.5 Å². The average Bonchev–Trinajstić information content (AvgIpc) is 2.54. The lowest BCUT2D eigenvalue weighted by Gasteiger charge is -2.30. The van der Waals surface area contributed by atoms with Gasteiger partial charge in [0.1, 0.15) is 0 Å². The second-order valence-electron chi connectivity index (χ2n) is 10.1. The normalized spacial score (nSPS) is 11.6. The Morgan fingerprint density at radius 2 is 0.970 bits per heavy atom. The number of hydrogen-bond acceptors (Lipinski definition) is 8. The largest absolute Gasteiger partial charge is 0.759 e. The fraction of sp³-hybridized carbons (Fsp3) is 0.727. The third-order valence-corrected chi connectivity index (χ3v) is 3.51. The van der Waals surface area contributed by atoms with Crippen molar-refractivity contribution in [3.8, 4) is 0 Å². The van der Waals surface area contributed by atoms with Crippen molar-refractivity contribution in [2.24, 2.45) is 11.8 Å². The number of quaternary nitrogens is 2. The maximum atomic E-state index is 11.1. The van der Waals surface area contributed by atoms with Crippen LogP contribution in [-0.2, 0) is 29.5 Å². The SMILES string of the molecule is C=C(C)C(=O)OC[N+](C)(C)CC(C)C.C=C(C)C(=O)OC[N+](C)(C)CC(C)C.O=S(=O)([O-])[O-]. The molecule has 0 aliphatic rings. The number of ether oxygens (including phenoxy) is 2. The smallest absolute Gasteiger partial charge is 0.337 e. The molecule has 196 valence electrons. The number of nitrogens with zero attached hydrogens (tertiary/aromatic N) is 2. The van der Waals surface area contributed by atoms with Crippen molar-refractivity contribution in [1.29, 1.82) is 0 Å². The second-order valence-corrected chi connectivity index (χ2v) is 10.9. The number of carbonyl (C=O) groups excluding carboxylic acids is 2. The molecule has 0 fully saturated rings. The lowest BCUT2D eigenvalue weighted by atomic mass is 10.2. The van der Waals surface area contributed by atoms with Gasteiger partial charge in [-0.25, -0.2) is 9.59 Å². The van der Waals surface area contributed by atoms with Crippen LogP contribution in [0.15, 0.2) is 24.3 Å². The first-order valence-corrected chi connectivity index (χ1v) is 11.8. The molecule has 10 nitrogen and oxygen atoms in total. The summed E-state index contributed by atoms with van der Waals surface area (Å²) >= 11 is 0. The third kappa shape index (κ3) is 30.2. The van der Waals surface area contributed by atoms with Crippen LogP contribution in [0, 0.1) is 11.8 Å². The highest BCUT2D eigenvalue weighted by atomic mass is 32.3. The predicted molar refractivity (Wildman–Crippen MR) is 126 cm³/mol. The van der Waals surface area contributed by atoms with E-state index in [1.807, 2.05) is 28.2 Å². The van der Waals surface area contributed by atoms with E-state index in [4.69, 9.17) is 27.0 Å². The summed E-state index contributed by atoms with van der Waals surface area (Å²) in [5.41, 5.74) is 0.907. The maximum Gasteiger partial charge on any atom is 0.337 e. The number of esters is 2. The Morgan fingerprint density at radius 1 is 0.758 bits per heavy atom. The van der Waals surface area contributed by atoms with Crippen LogP contribution in [0.2, 0.25) is 0 Å². The lowest BCUT2D eigenvalue weighted by Crippen LogP contribution is -2.44. The van der Waals surface area contributed by atoms with E-state index in [2.05, 4.69) is 40.9 Å². The number of hydrogen-bond donors (Lipinski definition) is 0. The van der Waals surface area contributed by atoms with Crippen LogP contribution in [-0.4, -0.2) is 93.2 Å². The Balaban J connectivity index is -0.000000453. The maximum absolute atomic E-state index is 11.1. The molecule has 0 saturated heterocycles. The van der Waals surface area contributed by atoms with E-state index in [1.54, 1.807) is 13.8 Å². The monoisotopic (exact) mass is 496 g/mol. The zero-order valence-electron chi connectivity index (χ0n) is 22.0. The summed E-state index contributed by atoms with van der Waals surface area (Å²) in [6.07, 6.45) is 0. The minimum atomic E-state index is -5.17. The van der Waals surface area contributed by atoms with Gasteiger partial charge in [0.15, 0.2) is 0 Å². The summed E-state index contributed by atoms with van der Waals surface area (Å²) < 4.78 is 45.7. The summed E-state index contributed by atoms with van der Waals surface area (Å²) in [6.45, 7) is 21.8. The van der Waals surface area contributed by atoms with E-state index in [1.165, 1.54) is 0 Å². The van der Waals surface area contributed by atoms with Crippen molar-refractivity contribution in [1.82, 2.24) is 0 Å². The fourth-order valence-electron chi connectivity index (χ4n) is 2.80. The van der Waals surface area contributed by atoms with Crippen LogP contribution >= 0.6 is 0 Å². The lowest BCUT2D eigenvalue weighted by molar-refractivity contribution is -0.909. The van der Waals surface area contributed by atoms with Crippen molar-refractivity contribution >= 4 is 22.3 Å². The van der Waals surface area contributed by atoms with Crippen LogP contribution in [0.1, 0.15) is 41.5 Å². The van der Waals surface area contributed by atoms with Crippen LogP contribution in [0.25, 0.3) is 0 Å². The standard InChI is InChI=1S/2C11H22NO2.H2O4S/c2*1-9(2)7-12(5,6)8-14-11(13)10(3)4;1-5(2,3)4/h2*9H,3,7-8H2,1-2,4-6H3;(H2,1,2,3,4)/q2*+1;/p-2. The molecule has 0 unspecified atom stereocenters. The van der Waals surface area contributed by atoms with E-state index >= 15 is 0 Å². The molecular formula is C22H44N2O8S. The highest BCUT2D eigenvalue weighted by molar-refractivity contribution is 7.79. The Kier molecular flexibility index (Phi) is 17.3. The van der Waals surface area contributed by atoms with Gasteiger partial charge in [-0.1, -0.05) is 40.9 Å². The zero-order chi connectivity index (χ0) is 27.2. The molecule has 0 aliphatic carbocycles. The Labute approximate surface area is 200 Å². The topological polar surface area (TPSA) is 133 Å². The van der Waals surface area contributed by atoms with E-state index in [0.29, 0.717) is 45.4 Å². The molecule has 0 aromatic carbocycles. The average molecular weight is 497 g/mol. The van der Waals surface area contributed by atoms with Crippen LogP contribution < -0.4 is 0 Å². The van der Waals surface area contributed by atoms with Crippen LogP contribution in [0.5, 0.6) is 0 Å². The zero-order valence-corrected chi connectivity index (χ0v) is 22.8. The van der Waals surface area contributed by atoms with Gasteiger partial charge in [-0.2, -0.15) is 0 Å². The quantitative estimate of drug-likeness (QED) is 0.112. The molecule has 0 aliphatic heterocycles. The fourth-order valence-corrected chi connectivity index (χ4v) is 2.80. The van der Waals surface area contributed by atoms with Gasteiger partial charge < -0.3 is 18.6 Å². The molecule has 0 aromatic rings. The third-order valence-electron chi connectivity index (χ3n) is 3.51. The van der Waals surface area contributed by atoms with Crippen molar-refractivity contribution < 1.29 is 45.6 Å². The molecule has 0 bridgehead atoms. The summed E-state index contributed by atoms with van der Waals surface area (Å²) in [7, 11) is 3.02. The second kappa shape index (κ2) is 15.9. The Morgan fingerprint density at radius 3 is 1.12 bits per heavy atom. The van der Waals surface area contributed by atoms with E-state index in [9.17, 15) is 9.59 Å². The molecule has 0 heterocycles. The molecule has 11 heteroatoms. The van der Waals surface area contributed by atoms with Gasteiger partial charge in [0, 0.05) is 33.4 Å². The highest BCUT2D eigenvalue weighted by Gasteiger charge is 2.20. The first kappa shape index (κ1) is 35.8. The van der Waals surface area contributed by atoms with Crippen molar-refractivity contribution in [3.05, 3.63) is 24.3 Å². The highest BCUT2D eigenvalue weighted by Crippen LogP contribution is 2.06. The summed E-state index contributed by atoms with van der Waals surface area (Å²) in [5, 5.41) is 0. The number of rotatable bonds is 10. The molecule has 0 spiro atoms. The van der Waals surface area contributed by atoms with Gasteiger partial charge in [0.2, 0.25) is 13.5 Å². The molecule has 0 amide bonds. The molecule has 0 atom stereocenters. The Bertz CT molecular complexity index is 685. The van der Waals surface area contributed by atoms with Gasteiger partial charge in [0.05, 0.1) is 41.3 Å². The minimum Gasteiger partial charge on any atom is -0.759 e. The summed E-state index contributed by atoms with van der Waals surface area (Å²) in [6, 6.07) is 0. The van der Waals surface area contributed by atoms with Gasteiger partial charge in [-0.05, 0) is 13.8 Å². The van der Waals surface area contributed by atoms with Crippen molar-refractivity contribution in [2.75, 3.05) is 54.7 Å². The molecule has 0 aromatic heterocycles. The van der Waals surface area contributed by atoms with Crippen LogP contribution in [0.4, 0.5) is 0 Å². The molecular weight excluding hydrogens is 452 g/mol. The van der Waals surface area contributed by atoms with E-state index in [-0.39, 0.29) is 11.9 Å². The van der Waals surface area contributed by atoms with Crippen molar-refractivity contribution in [3.63, 3.8) is 0 Å². The minimum absolute atomic E-state index is 0.306. The number of carbonyl (C=O) groups is 2. The predicted octanol–water partition coefficient (Wildman–Crippen LogP) is 2.25. The molecule has 0 N–H and O–H groups in total. The molecule has 0 rings (SSSR count). The van der Waals surface area contributed by atoms with Crippen LogP contribution in [0.3, 0.4) is 0 Å². The first-order valence-electron chi connectivity index (χ1n) is 10.4.